The lowest BCUT2D eigenvalue weighted by molar-refractivity contribution is 0.668. The van der Waals surface area contributed by atoms with Crippen LogP contribution in [0, 0.1) is 0 Å². The van der Waals surface area contributed by atoms with Gasteiger partial charge in [0.1, 0.15) is 22.8 Å². The topological polar surface area (TPSA) is 62.8 Å². The van der Waals surface area contributed by atoms with E-state index in [2.05, 4.69) is 90.2 Å². The molecule has 0 aliphatic carbocycles. The van der Waals surface area contributed by atoms with E-state index in [4.69, 9.17) is 19.4 Å². The monoisotopic (exact) mass is 552 g/mol. The summed E-state index contributed by atoms with van der Waals surface area (Å²) in [5.74, 6) is 1.51. The molecule has 0 saturated heterocycles. The van der Waals surface area contributed by atoms with Gasteiger partial charge in [-0.2, -0.15) is 0 Å². The fourth-order valence-electron chi connectivity index (χ4n) is 6.20. The number of para-hydroxylation sites is 1. The summed E-state index contributed by atoms with van der Waals surface area (Å²) in [4.78, 5) is 15.3. The van der Waals surface area contributed by atoms with Crippen LogP contribution in [0.1, 0.15) is 22.9 Å². The minimum atomic E-state index is -0.401. The van der Waals surface area contributed by atoms with Crippen molar-refractivity contribution in [2.75, 3.05) is 0 Å². The molecule has 1 aliphatic rings. The van der Waals surface area contributed by atoms with E-state index in [-0.39, 0.29) is 0 Å². The molecule has 1 unspecified atom stereocenters. The Morgan fingerprint density at radius 3 is 2.26 bits per heavy atom. The maximum Gasteiger partial charge on any atom is 0.169 e. The SMILES string of the molecule is c1ccc(C2N=C(c3ccc4c(ccc5ccccc54)c3)NC(c3cccc4oc5cc6ccccc6nc5c34)=N2)cc1. The van der Waals surface area contributed by atoms with Gasteiger partial charge in [0.05, 0.1) is 10.9 Å². The van der Waals surface area contributed by atoms with Gasteiger partial charge in [0.15, 0.2) is 11.7 Å². The van der Waals surface area contributed by atoms with Crippen molar-refractivity contribution in [3.63, 3.8) is 0 Å². The first-order chi connectivity index (χ1) is 21.3. The molecule has 9 rings (SSSR count). The number of benzene rings is 6. The molecule has 1 atom stereocenters. The number of nitrogens with one attached hydrogen (secondary N) is 1. The summed E-state index contributed by atoms with van der Waals surface area (Å²) in [6.07, 6.45) is -0.401. The smallest absolute Gasteiger partial charge is 0.169 e. The van der Waals surface area contributed by atoms with Gasteiger partial charge in [0, 0.05) is 16.5 Å². The van der Waals surface area contributed by atoms with Crippen LogP contribution in [0.2, 0.25) is 0 Å². The predicted molar refractivity (Wildman–Crippen MR) is 176 cm³/mol. The number of hydrogen-bond donors (Lipinski definition) is 1. The highest BCUT2D eigenvalue weighted by Crippen LogP contribution is 2.34. The van der Waals surface area contributed by atoms with Crippen molar-refractivity contribution in [3.8, 4) is 0 Å². The third-order valence-corrected chi connectivity index (χ3v) is 8.28. The molecule has 1 aliphatic heterocycles. The number of amidine groups is 2. The molecule has 0 fully saturated rings. The summed E-state index contributed by atoms with van der Waals surface area (Å²) >= 11 is 0. The number of furan rings is 1. The molecule has 0 amide bonds. The molecule has 43 heavy (non-hydrogen) atoms. The first-order valence-corrected chi connectivity index (χ1v) is 14.4. The van der Waals surface area contributed by atoms with Gasteiger partial charge in [-0.15, -0.1) is 0 Å². The molecule has 5 heteroatoms. The summed E-state index contributed by atoms with van der Waals surface area (Å²) in [6.45, 7) is 0. The van der Waals surface area contributed by atoms with Crippen molar-refractivity contribution in [1.82, 2.24) is 10.3 Å². The average molecular weight is 553 g/mol. The van der Waals surface area contributed by atoms with Crippen molar-refractivity contribution in [2.24, 2.45) is 9.98 Å². The lowest BCUT2D eigenvalue weighted by Gasteiger charge is -2.23. The van der Waals surface area contributed by atoms with Gasteiger partial charge < -0.3 is 9.73 Å². The van der Waals surface area contributed by atoms with E-state index in [1.54, 1.807) is 0 Å². The van der Waals surface area contributed by atoms with Crippen LogP contribution in [0.15, 0.2) is 148 Å². The molecule has 3 heterocycles. The average Bonchev–Trinajstić information content (AvgIpc) is 3.44. The minimum absolute atomic E-state index is 0.401. The molecular weight excluding hydrogens is 528 g/mol. The number of hydrogen-bond acceptors (Lipinski definition) is 5. The Labute approximate surface area is 246 Å². The van der Waals surface area contributed by atoms with Gasteiger partial charge in [0.2, 0.25) is 0 Å². The van der Waals surface area contributed by atoms with E-state index in [0.29, 0.717) is 0 Å². The lowest BCUT2D eigenvalue weighted by atomic mass is 9.99. The van der Waals surface area contributed by atoms with Crippen molar-refractivity contribution in [1.29, 1.82) is 0 Å². The Bertz CT molecular complexity index is 2440. The summed E-state index contributed by atoms with van der Waals surface area (Å²) in [5, 5.41) is 10.5. The van der Waals surface area contributed by atoms with E-state index < -0.39 is 6.17 Å². The molecule has 0 saturated carbocycles. The molecule has 0 radical (unpaired) electrons. The van der Waals surface area contributed by atoms with Gasteiger partial charge in [-0.25, -0.2) is 15.0 Å². The molecule has 5 nitrogen and oxygen atoms in total. The maximum absolute atomic E-state index is 6.32. The molecule has 0 bridgehead atoms. The highest BCUT2D eigenvalue weighted by Gasteiger charge is 2.24. The molecule has 202 valence electrons. The van der Waals surface area contributed by atoms with E-state index >= 15 is 0 Å². The number of aromatic nitrogens is 1. The van der Waals surface area contributed by atoms with E-state index in [1.165, 1.54) is 21.5 Å². The molecule has 8 aromatic rings. The Kier molecular flexibility index (Phi) is 5.19. The number of nitrogens with zero attached hydrogens (tertiary/aromatic N) is 3. The van der Waals surface area contributed by atoms with Crippen LogP contribution in [-0.4, -0.2) is 16.7 Å². The molecular formula is C38H24N4O. The minimum Gasteiger partial charge on any atom is -0.454 e. The first kappa shape index (κ1) is 23.9. The van der Waals surface area contributed by atoms with Crippen LogP contribution in [0.5, 0.6) is 0 Å². The second-order valence-corrected chi connectivity index (χ2v) is 10.9. The van der Waals surface area contributed by atoms with Gasteiger partial charge in [-0.3, -0.25) is 0 Å². The Balaban J connectivity index is 1.22. The molecule has 2 aromatic heterocycles. The van der Waals surface area contributed by atoms with Gasteiger partial charge >= 0.3 is 0 Å². The second kappa shape index (κ2) is 9.36. The number of fused-ring (bicyclic) bond motifs is 7. The normalized spacial score (nSPS) is 15.2. The van der Waals surface area contributed by atoms with Gasteiger partial charge in [-0.05, 0) is 51.4 Å². The summed E-state index contributed by atoms with van der Waals surface area (Å²) in [6, 6.07) is 45.9. The van der Waals surface area contributed by atoms with Gasteiger partial charge in [0.25, 0.3) is 0 Å². The van der Waals surface area contributed by atoms with Crippen molar-refractivity contribution >= 4 is 66.2 Å². The van der Waals surface area contributed by atoms with Crippen LogP contribution in [0.3, 0.4) is 0 Å². The molecule has 1 N–H and O–H groups in total. The number of aliphatic imine (C=N–C) groups is 2. The second-order valence-electron chi connectivity index (χ2n) is 10.9. The zero-order valence-corrected chi connectivity index (χ0v) is 23.0. The molecule has 0 spiro atoms. The molecule has 6 aromatic carbocycles. The van der Waals surface area contributed by atoms with Gasteiger partial charge in [-0.1, -0.05) is 109 Å². The van der Waals surface area contributed by atoms with Crippen molar-refractivity contribution in [3.05, 3.63) is 150 Å². The summed E-state index contributed by atoms with van der Waals surface area (Å²) in [5.41, 5.74) is 6.25. The van der Waals surface area contributed by atoms with Crippen molar-refractivity contribution in [2.45, 2.75) is 6.17 Å². The maximum atomic E-state index is 6.32. The number of rotatable bonds is 3. The quantitative estimate of drug-likeness (QED) is 0.223. The van der Waals surface area contributed by atoms with E-state index in [9.17, 15) is 0 Å². The summed E-state index contributed by atoms with van der Waals surface area (Å²) < 4.78 is 6.32. The fourth-order valence-corrected chi connectivity index (χ4v) is 6.20. The zero-order valence-electron chi connectivity index (χ0n) is 23.0. The summed E-state index contributed by atoms with van der Waals surface area (Å²) in [7, 11) is 0. The Hall–Kier alpha value is -5.81. The lowest BCUT2D eigenvalue weighted by Crippen LogP contribution is -2.36. The van der Waals surface area contributed by atoms with Crippen LogP contribution in [0.4, 0.5) is 0 Å². The number of pyridine rings is 1. The standard InChI is InChI=1S/C38H24N4O/c1-2-10-24(11-3-1)36-40-37(27-19-20-29-25(21-27)18-17-23-9-4-6-13-28(23)29)42-38(41-36)30-14-8-16-32-34(30)35-33(43-32)22-26-12-5-7-15-31(26)39-35/h1-22,36H,(H,40,41,42). The highest BCUT2D eigenvalue weighted by atomic mass is 16.3. The Morgan fingerprint density at radius 2 is 1.33 bits per heavy atom. The fraction of sp³-hybridized carbons (Fsp3) is 0.0263. The van der Waals surface area contributed by atoms with Crippen LogP contribution >= 0.6 is 0 Å². The van der Waals surface area contributed by atoms with Crippen LogP contribution in [0.25, 0.3) is 54.5 Å². The highest BCUT2D eigenvalue weighted by molar-refractivity contribution is 6.24. The largest absolute Gasteiger partial charge is 0.454 e. The van der Waals surface area contributed by atoms with E-state index in [0.717, 1.165) is 61.3 Å². The third-order valence-electron chi connectivity index (χ3n) is 8.28. The predicted octanol–water partition coefficient (Wildman–Crippen LogP) is 8.94. The van der Waals surface area contributed by atoms with Crippen molar-refractivity contribution < 1.29 is 4.42 Å². The zero-order chi connectivity index (χ0) is 28.3. The van der Waals surface area contributed by atoms with Crippen LogP contribution < -0.4 is 5.32 Å². The Morgan fingerprint density at radius 1 is 0.558 bits per heavy atom. The van der Waals surface area contributed by atoms with Crippen LogP contribution in [-0.2, 0) is 0 Å². The third kappa shape index (κ3) is 3.90. The van der Waals surface area contributed by atoms with E-state index in [1.807, 2.05) is 48.5 Å². The first-order valence-electron chi connectivity index (χ1n) is 14.4.